The number of nitrogens with zero attached hydrogens (tertiary/aromatic N) is 1. The van der Waals surface area contributed by atoms with E-state index in [9.17, 15) is 9.59 Å². The molecule has 0 aromatic heterocycles. The summed E-state index contributed by atoms with van der Waals surface area (Å²) >= 11 is 0. The topological polar surface area (TPSA) is 49.4 Å². The highest BCUT2D eigenvalue weighted by atomic mass is 16.2. The average Bonchev–Trinajstić information content (AvgIpc) is 2.84. The van der Waals surface area contributed by atoms with Crippen LogP contribution in [0.1, 0.15) is 35.6 Å². The molecule has 2 amide bonds. The predicted octanol–water partition coefficient (Wildman–Crippen LogP) is 4.21. The maximum absolute atomic E-state index is 12.9. The van der Waals surface area contributed by atoms with Crippen LogP contribution in [0.2, 0.25) is 0 Å². The molecule has 4 heteroatoms. The van der Waals surface area contributed by atoms with Gasteiger partial charge in [-0.1, -0.05) is 42.8 Å². The number of rotatable bonds is 5. The minimum absolute atomic E-state index is 0.230. The molecular weight excluding hydrogens is 324 g/mol. The van der Waals surface area contributed by atoms with Crippen LogP contribution >= 0.6 is 0 Å². The summed E-state index contributed by atoms with van der Waals surface area (Å²) in [6, 6.07) is 13.6. The zero-order chi connectivity index (χ0) is 18.8. The first-order valence-corrected chi connectivity index (χ1v) is 8.94. The minimum atomic E-state index is -0.259. The first-order valence-electron chi connectivity index (χ1n) is 8.94. The van der Waals surface area contributed by atoms with Crippen molar-refractivity contribution in [3.8, 4) is 0 Å². The molecule has 0 spiro atoms. The Hall–Kier alpha value is -2.88. The van der Waals surface area contributed by atoms with Crippen molar-refractivity contribution in [2.75, 3.05) is 11.9 Å². The zero-order valence-electron chi connectivity index (χ0n) is 15.7. The minimum Gasteiger partial charge on any atom is -0.350 e. The number of aryl methyl sites for hydroxylation is 3. The zero-order valence-corrected chi connectivity index (χ0v) is 15.7. The van der Waals surface area contributed by atoms with Gasteiger partial charge in [0.1, 0.15) is 5.70 Å². The molecule has 0 aliphatic carbocycles. The quantitative estimate of drug-likeness (QED) is 0.823. The fourth-order valence-corrected chi connectivity index (χ4v) is 3.07. The van der Waals surface area contributed by atoms with Gasteiger partial charge in [-0.2, -0.15) is 0 Å². The first-order chi connectivity index (χ1) is 12.4. The van der Waals surface area contributed by atoms with Crippen LogP contribution in [0.3, 0.4) is 0 Å². The lowest BCUT2D eigenvalue weighted by molar-refractivity contribution is -0.136. The van der Waals surface area contributed by atoms with Crippen molar-refractivity contribution in [3.05, 3.63) is 70.4 Å². The van der Waals surface area contributed by atoms with Gasteiger partial charge in [0.2, 0.25) is 0 Å². The van der Waals surface area contributed by atoms with Crippen LogP contribution in [0.25, 0.3) is 5.57 Å². The van der Waals surface area contributed by atoms with Crippen molar-refractivity contribution in [2.45, 2.75) is 34.1 Å². The smallest absolute Gasteiger partial charge is 0.278 e. The summed E-state index contributed by atoms with van der Waals surface area (Å²) in [6.45, 7) is 8.45. The van der Waals surface area contributed by atoms with Gasteiger partial charge in [0.15, 0.2) is 0 Å². The van der Waals surface area contributed by atoms with Crippen molar-refractivity contribution < 1.29 is 9.59 Å². The molecule has 3 rings (SSSR count). The number of hydrogen-bond acceptors (Lipinski definition) is 3. The number of amides is 2. The molecule has 0 saturated carbocycles. The van der Waals surface area contributed by atoms with Crippen molar-refractivity contribution in [2.24, 2.45) is 0 Å². The number of carbonyl (C=O) groups excluding carboxylic acids is 2. The van der Waals surface area contributed by atoms with Crippen LogP contribution in [0.5, 0.6) is 0 Å². The Morgan fingerprint density at radius 1 is 0.885 bits per heavy atom. The summed E-state index contributed by atoms with van der Waals surface area (Å²) in [5, 5.41) is 3.21. The van der Waals surface area contributed by atoms with E-state index < -0.39 is 0 Å². The van der Waals surface area contributed by atoms with E-state index in [1.807, 2.05) is 70.2 Å². The standard InChI is InChI=1S/C22H24N2O2/c1-5-12-24-21(25)19(17-9-6-14(2)7-10-17)20(22(24)26)23-18-11-8-15(3)16(4)13-18/h6-11,13,23H,5,12H2,1-4H3. The Morgan fingerprint density at radius 2 is 1.58 bits per heavy atom. The third kappa shape index (κ3) is 3.27. The molecule has 2 aromatic rings. The van der Waals surface area contributed by atoms with E-state index in [4.69, 9.17) is 0 Å². The second-order valence-corrected chi connectivity index (χ2v) is 6.80. The van der Waals surface area contributed by atoms with Gasteiger partial charge in [-0.25, -0.2) is 0 Å². The van der Waals surface area contributed by atoms with Gasteiger partial charge in [0, 0.05) is 12.2 Å². The summed E-state index contributed by atoms with van der Waals surface area (Å²) in [5.41, 5.74) is 5.81. The first kappa shape index (κ1) is 17.9. The number of nitrogens with one attached hydrogen (secondary N) is 1. The fourth-order valence-electron chi connectivity index (χ4n) is 3.07. The lowest BCUT2D eigenvalue weighted by Gasteiger charge is -2.14. The van der Waals surface area contributed by atoms with E-state index >= 15 is 0 Å². The Morgan fingerprint density at radius 3 is 2.19 bits per heavy atom. The predicted molar refractivity (Wildman–Crippen MR) is 105 cm³/mol. The maximum Gasteiger partial charge on any atom is 0.278 e. The Kier molecular flexibility index (Phi) is 4.94. The van der Waals surface area contributed by atoms with E-state index in [0.29, 0.717) is 17.8 Å². The van der Waals surface area contributed by atoms with Gasteiger partial charge in [-0.05, 0) is 56.0 Å². The third-order valence-electron chi connectivity index (χ3n) is 4.73. The van der Waals surface area contributed by atoms with Crippen LogP contribution in [-0.4, -0.2) is 23.3 Å². The van der Waals surface area contributed by atoms with E-state index in [1.165, 1.54) is 10.5 Å². The molecule has 26 heavy (non-hydrogen) atoms. The molecule has 1 aliphatic heterocycles. The van der Waals surface area contributed by atoms with E-state index in [-0.39, 0.29) is 11.8 Å². The number of benzene rings is 2. The van der Waals surface area contributed by atoms with Crippen LogP contribution < -0.4 is 5.32 Å². The molecular formula is C22H24N2O2. The highest BCUT2D eigenvalue weighted by Crippen LogP contribution is 2.31. The Labute approximate surface area is 154 Å². The van der Waals surface area contributed by atoms with Gasteiger partial charge in [-0.3, -0.25) is 14.5 Å². The molecule has 0 bridgehead atoms. The summed E-state index contributed by atoms with van der Waals surface area (Å²) in [7, 11) is 0. The average molecular weight is 348 g/mol. The van der Waals surface area contributed by atoms with Gasteiger partial charge in [0.05, 0.1) is 5.57 Å². The summed E-state index contributed by atoms with van der Waals surface area (Å²) in [6.07, 6.45) is 0.732. The second kappa shape index (κ2) is 7.16. The van der Waals surface area contributed by atoms with Crippen molar-refractivity contribution >= 4 is 23.1 Å². The molecule has 1 aliphatic rings. The molecule has 0 fully saturated rings. The molecule has 0 radical (unpaired) electrons. The number of carbonyl (C=O) groups is 2. The van der Waals surface area contributed by atoms with Crippen molar-refractivity contribution in [3.63, 3.8) is 0 Å². The number of anilines is 1. The highest BCUT2D eigenvalue weighted by molar-refractivity contribution is 6.36. The molecule has 134 valence electrons. The maximum atomic E-state index is 12.9. The van der Waals surface area contributed by atoms with Crippen LogP contribution in [0.15, 0.2) is 48.2 Å². The van der Waals surface area contributed by atoms with Crippen molar-refractivity contribution in [1.29, 1.82) is 0 Å². The Bertz CT molecular complexity index is 895. The number of hydrogen-bond donors (Lipinski definition) is 1. The number of imide groups is 1. The highest BCUT2D eigenvalue weighted by Gasteiger charge is 2.38. The second-order valence-electron chi connectivity index (χ2n) is 6.80. The molecule has 0 atom stereocenters. The van der Waals surface area contributed by atoms with Crippen molar-refractivity contribution in [1.82, 2.24) is 4.90 Å². The van der Waals surface area contributed by atoms with E-state index in [2.05, 4.69) is 5.32 Å². The third-order valence-corrected chi connectivity index (χ3v) is 4.73. The van der Waals surface area contributed by atoms with Crippen LogP contribution in [-0.2, 0) is 9.59 Å². The van der Waals surface area contributed by atoms with Crippen LogP contribution in [0, 0.1) is 20.8 Å². The van der Waals surface area contributed by atoms with E-state index in [0.717, 1.165) is 28.8 Å². The lowest BCUT2D eigenvalue weighted by Crippen LogP contribution is -2.33. The molecule has 0 unspecified atom stereocenters. The molecule has 0 saturated heterocycles. The Balaban J connectivity index is 2.07. The molecule has 1 heterocycles. The molecule has 2 aromatic carbocycles. The molecule has 4 nitrogen and oxygen atoms in total. The van der Waals surface area contributed by atoms with Gasteiger partial charge in [-0.15, -0.1) is 0 Å². The summed E-state index contributed by atoms with van der Waals surface area (Å²) in [4.78, 5) is 27.1. The monoisotopic (exact) mass is 348 g/mol. The van der Waals surface area contributed by atoms with Gasteiger partial charge >= 0.3 is 0 Å². The largest absolute Gasteiger partial charge is 0.350 e. The SMILES string of the molecule is CCCN1C(=O)C(Nc2ccc(C)c(C)c2)=C(c2ccc(C)cc2)C1=O. The fraction of sp³-hybridized carbons (Fsp3) is 0.273. The normalized spacial score (nSPS) is 14.4. The van der Waals surface area contributed by atoms with Gasteiger partial charge < -0.3 is 5.32 Å². The molecule has 1 N–H and O–H groups in total. The summed E-state index contributed by atoms with van der Waals surface area (Å²) in [5.74, 6) is -0.488. The van der Waals surface area contributed by atoms with Crippen LogP contribution in [0.4, 0.5) is 5.69 Å². The lowest BCUT2D eigenvalue weighted by atomic mass is 10.0. The van der Waals surface area contributed by atoms with E-state index in [1.54, 1.807) is 0 Å². The summed E-state index contributed by atoms with van der Waals surface area (Å²) < 4.78 is 0. The van der Waals surface area contributed by atoms with Gasteiger partial charge in [0.25, 0.3) is 11.8 Å².